The van der Waals surface area contributed by atoms with Crippen LogP contribution in [0.3, 0.4) is 0 Å². The molecule has 0 heterocycles. The van der Waals surface area contributed by atoms with Crippen molar-refractivity contribution in [3.05, 3.63) is 0 Å². The highest BCUT2D eigenvalue weighted by Gasteiger charge is 1.84. The van der Waals surface area contributed by atoms with E-state index in [2.05, 4.69) is 17.2 Å². The van der Waals surface area contributed by atoms with Gasteiger partial charge < -0.3 is 5.73 Å². The van der Waals surface area contributed by atoms with E-state index >= 15 is 0 Å². The Morgan fingerprint density at radius 1 is 1.75 bits per heavy atom. The Labute approximate surface area is 58.6 Å². The van der Waals surface area contributed by atoms with E-state index in [1.165, 1.54) is 11.8 Å². The average Bonchev–Trinajstić information content (AvgIpc) is 1.65. The molecule has 0 aliphatic carbocycles. The summed E-state index contributed by atoms with van der Waals surface area (Å²) in [6.07, 6.45) is 1.86. The van der Waals surface area contributed by atoms with E-state index in [-0.39, 0.29) is 0 Å². The molecule has 46 valence electrons. The van der Waals surface area contributed by atoms with Crippen molar-refractivity contribution < 1.29 is 0 Å². The van der Waals surface area contributed by atoms with Crippen LogP contribution in [0.2, 0.25) is 0 Å². The molecule has 0 aromatic rings. The Bertz CT molecular complexity index is 119. The lowest BCUT2D eigenvalue weighted by molar-refractivity contribution is 1.64. The summed E-state index contributed by atoms with van der Waals surface area (Å²) in [4.78, 5) is 4.37. The number of thiocarbonyl (C=S) groups is 1. The van der Waals surface area contributed by atoms with Gasteiger partial charge in [0.2, 0.25) is 0 Å². The molecule has 0 saturated carbocycles. The normalized spacial score (nSPS) is 11.5. The lowest BCUT2D eigenvalue weighted by atomic mass is 10.8. The molecule has 0 rings (SSSR count). The van der Waals surface area contributed by atoms with Gasteiger partial charge in [-0.25, -0.2) is 4.99 Å². The zero-order valence-corrected chi connectivity index (χ0v) is 6.47. The fourth-order valence-corrected chi connectivity index (χ4v) is 0.585. The smallest absolute Gasteiger partial charge is 0.159 e. The lowest BCUT2D eigenvalue weighted by Gasteiger charge is -1.89. The molecule has 0 aliphatic heterocycles. The molecule has 0 unspecified atom stereocenters. The highest BCUT2D eigenvalue weighted by atomic mass is 32.2. The fraction of sp³-hybridized carbons (Fsp3) is 0.500. The summed E-state index contributed by atoms with van der Waals surface area (Å²) >= 11 is 6.05. The SMILES string of the molecule is CSC(N)=NC(C)=S. The lowest BCUT2D eigenvalue weighted by Crippen LogP contribution is -2.06. The molecule has 0 saturated heterocycles. The number of thioether (sulfide) groups is 1. The molecule has 2 N–H and O–H groups in total. The zero-order valence-electron chi connectivity index (χ0n) is 4.84. The Kier molecular flexibility index (Phi) is 3.81. The van der Waals surface area contributed by atoms with Crippen LogP contribution in [-0.2, 0) is 0 Å². The number of nitrogens with zero attached hydrogens (tertiary/aromatic N) is 1. The van der Waals surface area contributed by atoms with Gasteiger partial charge in [-0.2, -0.15) is 0 Å². The molecule has 0 atom stereocenters. The van der Waals surface area contributed by atoms with Crippen LogP contribution in [0.25, 0.3) is 0 Å². The van der Waals surface area contributed by atoms with Crippen LogP contribution in [0.4, 0.5) is 0 Å². The zero-order chi connectivity index (χ0) is 6.57. The first-order valence-corrected chi connectivity index (χ1v) is 3.69. The molecule has 0 amide bonds. The van der Waals surface area contributed by atoms with Crippen molar-refractivity contribution in [1.82, 2.24) is 0 Å². The number of hydrogen-bond acceptors (Lipinski definition) is 2. The minimum absolute atomic E-state index is 0.525. The molecule has 0 aromatic heterocycles. The van der Waals surface area contributed by atoms with E-state index in [9.17, 15) is 0 Å². The van der Waals surface area contributed by atoms with Crippen LogP contribution >= 0.6 is 24.0 Å². The third-order valence-electron chi connectivity index (χ3n) is 0.477. The van der Waals surface area contributed by atoms with Crippen LogP contribution in [0.1, 0.15) is 6.92 Å². The molecule has 8 heavy (non-hydrogen) atoms. The van der Waals surface area contributed by atoms with E-state index in [0.29, 0.717) is 10.2 Å². The quantitative estimate of drug-likeness (QED) is 0.316. The second kappa shape index (κ2) is 3.86. The molecule has 2 nitrogen and oxygen atoms in total. The molecule has 0 aliphatic rings. The van der Waals surface area contributed by atoms with Gasteiger partial charge in [0.1, 0.15) is 4.99 Å². The third-order valence-corrected chi connectivity index (χ3v) is 1.08. The highest BCUT2D eigenvalue weighted by molar-refractivity contribution is 8.13. The molecular formula is C4H8N2S2. The van der Waals surface area contributed by atoms with Gasteiger partial charge in [-0.1, -0.05) is 24.0 Å². The van der Waals surface area contributed by atoms with Crippen molar-refractivity contribution in [1.29, 1.82) is 0 Å². The molecule has 0 spiro atoms. The number of rotatable bonds is 0. The topological polar surface area (TPSA) is 38.4 Å². The summed E-state index contributed by atoms with van der Waals surface area (Å²) in [5, 5.41) is 0.525. The molecular weight excluding hydrogens is 140 g/mol. The van der Waals surface area contributed by atoms with Crippen LogP contribution in [0, 0.1) is 0 Å². The van der Waals surface area contributed by atoms with E-state index < -0.39 is 0 Å². The summed E-state index contributed by atoms with van der Waals surface area (Å²) in [6.45, 7) is 1.73. The van der Waals surface area contributed by atoms with Crippen LogP contribution in [0.5, 0.6) is 0 Å². The molecule has 0 radical (unpaired) electrons. The monoisotopic (exact) mass is 148 g/mol. The first-order valence-electron chi connectivity index (χ1n) is 2.05. The fourth-order valence-electron chi connectivity index (χ4n) is 0.201. The Hall–Kier alpha value is -0.0900. The van der Waals surface area contributed by atoms with Gasteiger partial charge in [-0.15, -0.1) is 0 Å². The molecule has 0 bridgehead atoms. The second-order valence-corrected chi connectivity index (χ2v) is 2.59. The van der Waals surface area contributed by atoms with Gasteiger partial charge in [-0.3, -0.25) is 0 Å². The maximum Gasteiger partial charge on any atom is 0.159 e. The van der Waals surface area contributed by atoms with Crippen molar-refractivity contribution in [3.8, 4) is 0 Å². The average molecular weight is 148 g/mol. The standard InChI is InChI=1S/C4H8N2S2/c1-3(7)6-4(5)8-2/h1-2H3,(H2,5,6,7). The molecule has 0 fully saturated rings. The summed E-state index contributed by atoms with van der Waals surface area (Å²) in [6, 6.07) is 0. The van der Waals surface area contributed by atoms with Gasteiger partial charge >= 0.3 is 0 Å². The number of aliphatic imine (C=N–C) groups is 1. The minimum atomic E-state index is 0.525. The summed E-state index contributed by atoms with van der Waals surface area (Å²) in [7, 11) is 0. The van der Waals surface area contributed by atoms with Gasteiger partial charge in [0, 0.05) is 0 Å². The summed E-state index contributed by atoms with van der Waals surface area (Å²) in [5.41, 5.74) is 5.30. The van der Waals surface area contributed by atoms with E-state index in [1.807, 2.05) is 6.26 Å². The number of amidine groups is 1. The van der Waals surface area contributed by atoms with Crippen molar-refractivity contribution in [2.24, 2.45) is 10.7 Å². The van der Waals surface area contributed by atoms with E-state index in [4.69, 9.17) is 5.73 Å². The third kappa shape index (κ3) is 4.08. The first kappa shape index (κ1) is 7.91. The van der Waals surface area contributed by atoms with Gasteiger partial charge in [0.15, 0.2) is 5.17 Å². The maximum atomic E-state index is 5.30. The molecule has 0 aromatic carbocycles. The first-order chi connectivity index (χ1) is 3.66. The Morgan fingerprint density at radius 2 is 2.25 bits per heavy atom. The van der Waals surface area contributed by atoms with Crippen LogP contribution in [-0.4, -0.2) is 16.4 Å². The van der Waals surface area contributed by atoms with E-state index in [1.54, 1.807) is 6.92 Å². The Balaban J connectivity index is 3.75. The van der Waals surface area contributed by atoms with Gasteiger partial charge in [-0.05, 0) is 13.2 Å². The van der Waals surface area contributed by atoms with Crippen molar-refractivity contribution in [2.45, 2.75) is 6.92 Å². The largest absolute Gasteiger partial charge is 0.378 e. The van der Waals surface area contributed by atoms with Crippen LogP contribution in [0.15, 0.2) is 4.99 Å². The number of hydrogen-bond donors (Lipinski definition) is 1. The predicted molar refractivity (Wildman–Crippen MR) is 43.4 cm³/mol. The van der Waals surface area contributed by atoms with Crippen molar-refractivity contribution >= 4 is 34.1 Å². The van der Waals surface area contributed by atoms with E-state index in [0.717, 1.165) is 0 Å². The van der Waals surface area contributed by atoms with Crippen LogP contribution < -0.4 is 5.73 Å². The van der Waals surface area contributed by atoms with Gasteiger partial charge in [0.05, 0.1) is 0 Å². The summed E-state index contributed by atoms with van der Waals surface area (Å²) in [5.74, 6) is 0. The number of nitrogens with two attached hydrogens (primary N) is 1. The Morgan fingerprint density at radius 3 is 2.38 bits per heavy atom. The molecule has 4 heteroatoms. The summed E-state index contributed by atoms with van der Waals surface area (Å²) < 4.78 is 0. The maximum absolute atomic E-state index is 5.30. The van der Waals surface area contributed by atoms with Gasteiger partial charge in [0.25, 0.3) is 0 Å². The highest BCUT2D eigenvalue weighted by Crippen LogP contribution is 1.91. The predicted octanol–water partition coefficient (Wildman–Crippen LogP) is 1.01. The minimum Gasteiger partial charge on any atom is -0.378 e. The van der Waals surface area contributed by atoms with Crippen molar-refractivity contribution in [3.63, 3.8) is 0 Å². The van der Waals surface area contributed by atoms with Crippen molar-refractivity contribution in [2.75, 3.05) is 6.26 Å². The second-order valence-electron chi connectivity index (χ2n) is 1.17.